The van der Waals surface area contributed by atoms with E-state index in [1.165, 1.54) is 0 Å². The number of aromatic carboxylic acids is 1. The Labute approximate surface area is 134 Å². The number of carboxylic acid groups (broad SMARTS) is 1. The summed E-state index contributed by atoms with van der Waals surface area (Å²) >= 11 is 4.41. The van der Waals surface area contributed by atoms with Gasteiger partial charge in [-0.3, -0.25) is 0 Å². The van der Waals surface area contributed by atoms with Crippen molar-refractivity contribution in [3.8, 4) is 5.75 Å². The van der Waals surface area contributed by atoms with Gasteiger partial charge < -0.3 is 14.7 Å². The number of rotatable bonds is 4. The third-order valence-corrected chi connectivity index (χ3v) is 4.29. The molecule has 1 aliphatic carbocycles. The van der Waals surface area contributed by atoms with Gasteiger partial charge in [-0.15, -0.1) is 12.6 Å². The molecule has 4 nitrogen and oxygen atoms in total. The SMILES string of the molecule is COc1cc(C(=O)O)ccc1CN1C=CC2C=CC(S)=CC21. The molecule has 2 aliphatic rings. The minimum absolute atomic E-state index is 0.230. The van der Waals surface area contributed by atoms with Crippen LogP contribution in [0, 0.1) is 5.92 Å². The van der Waals surface area contributed by atoms with Crippen molar-refractivity contribution in [3.05, 3.63) is 64.7 Å². The first-order valence-electron chi connectivity index (χ1n) is 7.02. The van der Waals surface area contributed by atoms with Crippen molar-refractivity contribution in [2.75, 3.05) is 7.11 Å². The van der Waals surface area contributed by atoms with Crippen molar-refractivity contribution >= 4 is 18.6 Å². The van der Waals surface area contributed by atoms with Crippen molar-refractivity contribution < 1.29 is 14.6 Å². The fraction of sp³-hybridized carbons (Fsp3) is 0.235. The van der Waals surface area contributed by atoms with E-state index in [-0.39, 0.29) is 11.6 Å². The molecule has 1 aromatic rings. The van der Waals surface area contributed by atoms with Gasteiger partial charge in [-0.25, -0.2) is 4.79 Å². The van der Waals surface area contributed by atoms with Gasteiger partial charge in [-0.1, -0.05) is 24.3 Å². The number of carboxylic acids is 1. The summed E-state index contributed by atoms with van der Waals surface area (Å²) in [5, 5.41) is 9.06. The molecule has 2 atom stereocenters. The molecule has 0 amide bonds. The van der Waals surface area contributed by atoms with Crippen LogP contribution < -0.4 is 4.74 Å². The number of nitrogens with zero attached hydrogens (tertiary/aromatic N) is 1. The number of hydrogen-bond donors (Lipinski definition) is 2. The summed E-state index contributed by atoms with van der Waals surface area (Å²) < 4.78 is 5.35. The lowest BCUT2D eigenvalue weighted by Crippen LogP contribution is -2.30. The molecule has 3 rings (SSSR count). The minimum Gasteiger partial charge on any atom is -0.496 e. The average molecular weight is 315 g/mol. The molecule has 1 heterocycles. The highest BCUT2D eigenvalue weighted by atomic mass is 32.1. The quantitative estimate of drug-likeness (QED) is 0.838. The molecular formula is C17H17NO3S. The third kappa shape index (κ3) is 2.76. The van der Waals surface area contributed by atoms with Crippen LogP contribution >= 0.6 is 12.6 Å². The predicted octanol–water partition coefficient (Wildman–Crippen LogP) is 3.09. The number of methoxy groups -OCH3 is 1. The van der Waals surface area contributed by atoms with Crippen LogP contribution in [0.25, 0.3) is 0 Å². The van der Waals surface area contributed by atoms with E-state index >= 15 is 0 Å². The summed E-state index contributed by atoms with van der Waals surface area (Å²) in [6.07, 6.45) is 10.5. The fourth-order valence-electron chi connectivity index (χ4n) is 2.83. The van der Waals surface area contributed by atoms with Crippen molar-refractivity contribution in [1.82, 2.24) is 4.90 Å². The summed E-state index contributed by atoms with van der Waals surface area (Å²) in [5.74, 6) is 0.00409. The second kappa shape index (κ2) is 5.93. The Morgan fingerprint density at radius 3 is 2.95 bits per heavy atom. The van der Waals surface area contributed by atoms with Gasteiger partial charge in [-0.2, -0.15) is 0 Å². The largest absolute Gasteiger partial charge is 0.496 e. The number of allylic oxidation sites excluding steroid dienone is 1. The summed E-state index contributed by atoms with van der Waals surface area (Å²) in [4.78, 5) is 14.2. The number of hydrogen-bond acceptors (Lipinski definition) is 4. The fourth-order valence-corrected chi connectivity index (χ4v) is 3.07. The Balaban J connectivity index is 1.83. The maximum absolute atomic E-state index is 11.0. The van der Waals surface area contributed by atoms with Crippen LogP contribution in [0.3, 0.4) is 0 Å². The van der Waals surface area contributed by atoms with Gasteiger partial charge in [0, 0.05) is 22.9 Å². The van der Waals surface area contributed by atoms with E-state index in [4.69, 9.17) is 9.84 Å². The zero-order valence-corrected chi connectivity index (χ0v) is 13.0. The lowest BCUT2D eigenvalue weighted by Gasteiger charge is -2.29. The average Bonchev–Trinajstić information content (AvgIpc) is 2.89. The van der Waals surface area contributed by atoms with E-state index in [0.717, 1.165) is 10.5 Å². The molecule has 5 heteroatoms. The molecule has 1 aliphatic heterocycles. The molecule has 0 bridgehead atoms. The van der Waals surface area contributed by atoms with E-state index in [9.17, 15) is 4.79 Å². The first kappa shape index (κ1) is 14.8. The number of benzene rings is 1. The summed E-state index contributed by atoms with van der Waals surface area (Å²) in [7, 11) is 1.56. The van der Waals surface area contributed by atoms with Gasteiger partial charge >= 0.3 is 5.97 Å². The lowest BCUT2D eigenvalue weighted by atomic mass is 9.96. The van der Waals surface area contributed by atoms with Gasteiger partial charge in [0.25, 0.3) is 0 Å². The van der Waals surface area contributed by atoms with Crippen LogP contribution in [0.1, 0.15) is 15.9 Å². The molecule has 0 aromatic heterocycles. The molecule has 0 fully saturated rings. The van der Waals surface area contributed by atoms with Gasteiger partial charge in [0.2, 0.25) is 0 Å². The van der Waals surface area contributed by atoms with Gasteiger partial charge in [0.05, 0.1) is 18.7 Å². The van der Waals surface area contributed by atoms with Crippen molar-refractivity contribution in [3.63, 3.8) is 0 Å². The van der Waals surface area contributed by atoms with E-state index in [0.29, 0.717) is 18.2 Å². The monoisotopic (exact) mass is 315 g/mol. The Bertz CT molecular complexity index is 693. The number of fused-ring (bicyclic) bond motifs is 1. The van der Waals surface area contributed by atoms with Crippen LogP contribution in [0.5, 0.6) is 5.75 Å². The molecule has 0 saturated heterocycles. The summed E-state index contributed by atoms with van der Waals surface area (Å²) in [5.41, 5.74) is 1.19. The lowest BCUT2D eigenvalue weighted by molar-refractivity contribution is 0.0696. The maximum Gasteiger partial charge on any atom is 0.335 e. The molecule has 114 valence electrons. The van der Waals surface area contributed by atoms with E-state index in [1.54, 1.807) is 19.2 Å². The van der Waals surface area contributed by atoms with E-state index < -0.39 is 5.97 Å². The van der Waals surface area contributed by atoms with Crippen LogP contribution in [0.2, 0.25) is 0 Å². The zero-order chi connectivity index (χ0) is 15.7. The van der Waals surface area contributed by atoms with Crippen LogP contribution in [-0.2, 0) is 6.54 Å². The second-order valence-electron chi connectivity index (χ2n) is 5.36. The second-order valence-corrected chi connectivity index (χ2v) is 5.88. The molecular weight excluding hydrogens is 298 g/mol. The molecule has 2 unspecified atom stereocenters. The Hall–Kier alpha value is -2.14. The van der Waals surface area contributed by atoms with Crippen molar-refractivity contribution in [1.29, 1.82) is 0 Å². The predicted molar refractivity (Wildman–Crippen MR) is 88.1 cm³/mol. The molecule has 22 heavy (non-hydrogen) atoms. The topological polar surface area (TPSA) is 49.8 Å². The summed E-state index contributed by atoms with van der Waals surface area (Å²) in [6.45, 7) is 0.659. The number of carbonyl (C=O) groups is 1. The van der Waals surface area contributed by atoms with E-state index in [1.807, 2.05) is 12.1 Å². The number of ether oxygens (including phenoxy) is 1. The Kier molecular flexibility index (Phi) is 3.98. The van der Waals surface area contributed by atoms with Crippen LogP contribution in [0.15, 0.2) is 53.6 Å². The first-order valence-corrected chi connectivity index (χ1v) is 7.46. The van der Waals surface area contributed by atoms with Crippen molar-refractivity contribution in [2.45, 2.75) is 12.6 Å². The van der Waals surface area contributed by atoms with Gasteiger partial charge in [0.1, 0.15) is 5.75 Å². The Morgan fingerprint density at radius 2 is 2.23 bits per heavy atom. The maximum atomic E-state index is 11.0. The molecule has 1 N–H and O–H groups in total. The Morgan fingerprint density at radius 1 is 1.41 bits per heavy atom. The normalized spacial score (nSPS) is 22.5. The van der Waals surface area contributed by atoms with Gasteiger partial charge in [-0.05, 0) is 24.4 Å². The minimum atomic E-state index is -0.953. The first-order chi connectivity index (χ1) is 10.6. The summed E-state index contributed by atoms with van der Waals surface area (Å²) in [6, 6.07) is 5.24. The van der Waals surface area contributed by atoms with Gasteiger partial charge in [0.15, 0.2) is 0 Å². The molecule has 1 aromatic carbocycles. The molecule has 0 radical (unpaired) electrons. The molecule has 0 saturated carbocycles. The zero-order valence-electron chi connectivity index (χ0n) is 12.1. The van der Waals surface area contributed by atoms with E-state index in [2.05, 4.69) is 42.0 Å². The highest BCUT2D eigenvalue weighted by molar-refractivity contribution is 7.84. The van der Waals surface area contributed by atoms with Crippen LogP contribution in [-0.4, -0.2) is 29.1 Å². The standard InChI is InChI=1S/C17H17NO3S/c1-21-16-8-12(17(19)20)2-3-13(16)10-18-7-6-11-4-5-14(22)9-15(11)18/h2-9,11,15,22H,10H2,1H3,(H,19,20). The van der Waals surface area contributed by atoms with Crippen molar-refractivity contribution in [2.24, 2.45) is 5.92 Å². The third-order valence-electron chi connectivity index (χ3n) is 3.99. The highest BCUT2D eigenvalue weighted by Crippen LogP contribution is 2.32. The number of thiol groups is 1. The smallest absolute Gasteiger partial charge is 0.335 e. The highest BCUT2D eigenvalue weighted by Gasteiger charge is 2.28. The molecule has 0 spiro atoms. The van der Waals surface area contributed by atoms with Crippen LogP contribution in [0.4, 0.5) is 0 Å².